The Morgan fingerprint density at radius 1 is 1.00 bits per heavy atom. The quantitative estimate of drug-likeness (QED) is 0.863. The first-order valence-electron chi connectivity index (χ1n) is 8.43. The summed E-state index contributed by atoms with van der Waals surface area (Å²) in [5, 5.41) is 0. The second-order valence-corrected chi connectivity index (χ2v) is 6.56. The lowest BCUT2D eigenvalue weighted by molar-refractivity contribution is 0.248. The van der Waals surface area contributed by atoms with Crippen LogP contribution >= 0.6 is 0 Å². The van der Waals surface area contributed by atoms with Gasteiger partial charge in [-0.2, -0.15) is 0 Å². The molecule has 1 aliphatic carbocycles. The van der Waals surface area contributed by atoms with Crippen LogP contribution in [-0.2, 0) is 6.54 Å². The zero-order valence-corrected chi connectivity index (χ0v) is 13.5. The van der Waals surface area contributed by atoms with Crippen molar-refractivity contribution in [3.63, 3.8) is 0 Å². The van der Waals surface area contributed by atoms with E-state index in [2.05, 4.69) is 14.9 Å². The Labute approximate surface area is 140 Å². The highest BCUT2D eigenvalue weighted by Gasteiger charge is 2.26. The van der Waals surface area contributed by atoms with Gasteiger partial charge in [0.1, 0.15) is 5.82 Å². The highest BCUT2D eigenvalue weighted by atomic mass is 19.2. The normalized spacial score (nSPS) is 18.8. The number of aromatic nitrogens is 2. The van der Waals surface area contributed by atoms with Crippen molar-refractivity contribution in [1.82, 2.24) is 14.9 Å². The van der Waals surface area contributed by atoms with Gasteiger partial charge >= 0.3 is 0 Å². The molecule has 2 aromatic rings. The highest BCUT2D eigenvalue weighted by Crippen LogP contribution is 2.37. The van der Waals surface area contributed by atoms with Crippen molar-refractivity contribution >= 4 is 5.69 Å². The van der Waals surface area contributed by atoms with E-state index in [0.717, 1.165) is 37.1 Å². The summed E-state index contributed by atoms with van der Waals surface area (Å²) in [7, 11) is 0. The molecule has 0 unspecified atom stereocenters. The number of nitrogens with zero attached hydrogens (tertiary/aromatic N) is 4. The first-order chi connectivity index (χ1) is 11.7. The van der Waals surface area contributed by atoms with Crippen molar-refractivity contribution in [3.05, 3.63) is 53.6 Å². The summed E-state index contributed by atoms with van der Waals surface area (Å²) < 4.78 is 27.3. The van der Waals surface area contributed by atoms with E-state index < -0.39 is 11.6 Å². The fourth-order valence-electron chi connectivity index (χ4n) is 3.14. The highest BCUT2D eigenvalue weighted by molar-refractivity contribution is 5.48. The molecule has 2 heterocycles. The van der Waals surface area contributed by atoms with Gasteiger partial charge in [-0.05, 0) is 25.0 Å². The van der Waals surface area contributed by atoms with E-state index in [0.29, 0.717) is 24.7 Å². The van der Waals surface area contributed by atoms with Crippen LogP contribution in [0.1, 0.15) is 30.1 Å². The van der Waals surface area contributed by atoms with Gasteiger partial charge in [0.25, 0.3) is 0 Å². The molecular formula is C18H20F2N4. The van der Waals surface area contributed by atoms with E-state index in [9.17, 15) is 8.78 Å². The monoisotopic (exact) mass is 330 g/mol. The van der Waals surface area contributed by atoms with Crippen molar-refractivity contribution in [3.8, 4) is 0 Å². The van der Waals surface area contributed by atoms with Crippen LogP contribution in [0.2, 0.25) is 0 Å². The summed E-state index contributed by atoms with van der Waals surface area (Å²) in [4.78, 5) is 13.1. The van der Waals surface area contributed by atoms with Gasteiger partial charge in [0.15, 0.2) is 11.6 Å². The van der Waals surface area contributed by atoms with Crippen LogP contribution in [0.4, 0.5) is 14.5 Å². The molecule has 1 saturated heterocycles. The maximum atomic E-state index is 13.9. The number of benzene rings is 1. The molecule has 0 amide bonds. The van der Waals surface area contributed by atoms with Crippen LogP contribution in [-0.4, -0.2) is 41.0 Å². The van der Waals surface area contributed by atoms with Gasteiger partial charge in [-0.25, -0.2) is 18.7 Å². The summed E-state index contributed by atoms with van der Waals surface area (Å²) in [6.07, 6.45) is 6.24. The van der Waals surface area contributed by atoms with Crippen LogP contribution in [0.15, 0.2) is 30.6 Å². The van der Waals surface area contributed by atoms with Gasteiger partial charge in [0.2, 0.25) is 0 Å². The fraction of sp³-hybridized carbons (Fsp3) is 0.444. The summed E-state index contributed by atoms with van der Waals surface area (Å²) in [6.45, 7) is 3.77. The third-order valence-corrected chi connectivity index (χ3v) is 4.72. The Kier molecular flexibility index (Phi) is 4.14. The van der Waals surface area contributed by atoms with Crippen molar-refractivity contribution in [2.45, 2.75) is 25.3 Å². The number of hydrogen-bond donors (Lipinski definition) is 0. The number of anilines is 1. The number of rotatable bonds is 4. The average molecular weight is 330 g/mol. The molecule has 1 aliphatic heterocycles. The predicted molar refractivity (Wildman–Crippen MR) is 87.9 cm³/mol. The predicted octanol–water partition coefficient (Wildman–Crippen LogP) is 2.95. The van der Waals surface area contributed by atoms with Crippen LogP contribution in [0, 0.1) is 11.6 Å². The van der Waals surface area contributed by atoms with Gasteiger partial charge in [-0.1, -0.05) is 6.07 Å². The molecule has 0 N–H and O–H groups in total. The number of halogens is 2. The van der Waals surface area contributed by atoms with E-state index in [1.807, 2.05) is 17.3 Å². The number of piperazine rings is 1. The van der Waals surface area contributed by atoms with Gasteiger partial charge in [0, 0.05) is 56.6 Å². The van der Waals surface area contributed by atoms with Crippen LogP contribution in [0.25, 0.3) is 0 Å². The van der Waals surface area contributed by atoms with E-state index >= 15 is 0 Å². The Hall–Kier alpha value is -2.08. The zero-order valence-electron chi connectivity index (χ0n) is 13.5. The van der Waals surface area contributed by atoms with E-state index in [4.69, 9.17) is 0 Å². The summed E-state index contributed by atoms with van der Waals surface area (Å²) >= 11 is 0. The molecule has 0 spiro atoms. The molecular weight excluding hydrogens is 310 g/mol. The van der Waals surface area contributed by atoms with Crippen LogP contribution in [0.5, 0.6) is 0 Å². The summed E-state index contributed by atoms with van der Waals surface area (Å²) in [5.41, 5.74) is 1.46. The van der Waals surface area contributed by atoms with Crippen molar-refractivity contribution in [2.75, 3.05) is 31.1 Å². The van der Waals surface area contributed by atoms with Crippen molar-refractivity contribution in [2.24, 2.45) is 0 Å². The SMILES string of the molecule is Fc1cccc(N2CCN(Cc3cnc(C4CC4)nc3)CC2)c1F. The van der Waals surface area contributed by atoms with E-state index in [-0.39, 0.29) is 0 Å². The fourth-order valence-corrected chi connectivity index (χ4v) is 3.14. The second-order valence-electron chi connectivity index (χ2n) is 6.56. The topological polar surface area (TPSA) is 32.3 Å². The lowest BCUT2D eigenvalue weighted by atomic mass is 10.2. The average Bonchev–Trinajstić information content (AvgIpc) is 3.44. The molecule has 0 bridgehead atoms. The standard InChI is InChI=1S/C18H20F2N4/c19-15-2-1-3-16(17(15)20)24-8-6-23(7-9-24)12-13-10-21-18(22-11-13)14-4-5-14/h1-3,10-11,14H,4-9,12H2. The minimum atomic E-state index is -0.789. The Balaban J connectivity index is 1.34. The molecule has 24 heavy (non-hydrogen) atoms. The number of hydrogen-bond acceptors (Lipinski definition) is 4. The molecule has 4 rings (SSSR count). The maximum absolute atomic E-state index is 13.9. The summed E-state index contributed by atoms with van der Waals surface area (Å²) in [6, 6.07) is 4.35. The third-order valence-electron chi connectivity index (χ3n) is 4.72. The third kappa shape index (κ3) is 3.24. The van der Waals surface area contributed by atoms with Gasteiger partial charge < -0.3 is 4.90 Å². The Morgan fingerprint density at radius 3 is 2.38 bits per heavy atom. The molecule has 1 saturated carbocycles. The Morgan fingerprint density at radius 2 is 1.71 bits per heavy atom. The minimum absolute atomic E-state index is 0.353. The minimum Gasteiger partial charge on any atom is -0.367 e. The maximum Gasteiger partial charge on any atom is 0.182 e. The lowest BCUT2D eigenvalue weighted by Crippen LogP contribution is -2.46. The van der Waals surface area contributed by atoms with Crippen LogP contribution < -0.4 is 4.90 Å². The second kappa shape index (κ2) is 6.43. The van der Waals surface area contributed by atoms with E-state index in [1.165, 1.54) is 12.8 Å². The first kappa shape index (κ1) is 15.4. The molecule has 6 heteroatoms. The van der Waals surface area contributed by atoms with Crippen molar-refractivity contribution < 1.29 is 8.78 Å². The molecule has 0 atom stereocenters. The summed E-state index contributed by atoms with van der Waals surface area (Å²) in [5.74, 6) is -0.00764. The smallest absolute Gasteiger partial charge is 0.182 e. The molecule has 4 nitrogen and oxygen atoms in total. The van der Waals surface area contributed by atoms with Gasteiger partial charge in [0.05, 0.1) is 5.69 Å². The molecule has 1 aromatic heterocycles. The zero-order chi connectivity index (χ0) is 16.5. The van der Waals surface area contributed by atoms with Crippen molar-refractivity contribution in [1.29, 1.82) is 0 Å². The largest absolute Gasteiger partial charge is 0.367 e. The Bertz CT molecular complexity index is 707. The molecule has 2 fully saturated rings. The van der Waals surface area contributed by atoms with E-state index in [1.54, 1.807) is 12.1 Å². The molecule has 1 aromatic carbocycles. The first-order valence-corrected chi connectivity index (χ1v) is 8.43. The van der Waals surface area contributed by atoms with Gasteiger partial charge in [-0.15, -0.1) is 0 Å². The van der Waals surface area contributed by atoms with Gasteiger partial charge in [-0.3, -0.25) is 4.90 Å². The molecule has 126 valence electrons. The molecule has 2 aliphatic rings. The van der Waals surface area contributed by atoms with Crippen LogP contribution in [0.3, 0.4) is 0 Å². The molecule has 0 radical (unpaired) electrons. The lowest BCUT2D eigenvalue weighted by Gasteiger charge is -2.36.